The maximum Gasteiger partial charge on any atom is 0.147 e. The van der Waals surface area contributed by atoms with Crippen LogP contribution in [0.5, 0.6) is 0 Å². The lowest BCUT2D eigenvalue weighted by Gasteiger charge is -2.23. The summed E-state index contributed by atoms with van der Waals surface area (Å²) in [6.07, 6.45) is 6.64. The third kappa shape index (κ3) is 3.20. The molecule has 0 amide bonds. The van der Waals surface area contributed by atoms with E-state index in [-0.39, 0.29) is 6.10 Å². The van der Waals surface area contributed by atoms with Crippen LogP contribution >= 0.6 is 0 Å². The first-order valence-corrected chi connectivity index (χ1v) is 5.53. The summed E-state index contributed by atoms with van der Waals surface area (Å²) in [6.45, 7) is 2.01. The van der Waals surface area contributed by atoms with Gasteiger partial charge in [-0.1, -0.05) is 12.8 Å². The second-order valence-corrected chi connectivity index (χ2v) is 3.98. The van der Waals surface area contributed by atoms with Gasteiger partial charge in [0.1, 0.15) is 6.79 Å². The van der Waals surface area contributed by atoms with Crippen molar-refractivity contribution in [1.82, 2.24) is 5.48 Å². The number of hydrogen-bond donors (Lipinski definition) is 1. The molecule has 1 aliphatic heterocycles. The van der Waals surface area contributed by atoms with Crippen LogP contribution in [0.2, 0.25) is 0 Å². The van der Waals surface area contributed by atoms with Crippen molar-refractivity contribution in [2.45, 2.75) is 44.3 Å². The molecule has 2 rings (SSSR count). The fourth-order valence-corrected chi connectivity index (χ4v) is 1.93. The third-order valence-electron chi connectivity index (χ3n) is 2.83. The topological polar surface area (TPSA) is 39.7 Å². The Kier molecular flexibility index (Phi) is 4.19. The molecular formula is C10H19NO3. The van der Waals surface area contributed by atoms with Gasteiger partial charge in [-0.25, -0.2) is 0 Å². The Morgan fingerprint density at radius 1 is 1.21 bits per heavy atom. The number of hydroxylamine groups is 1. The van der Waals surface area contributed by atoms with Gasteiger partial charge in [0.05, 0.1) is 18.8 Å². The van der Waals surface area contributed by atoms with Crippen LogP contribution in [0.15, 0.2) is 0 Å². The van der Waals surface area contributed by atoms with Crippen LogP contribution in [0.4, 0.5) is 0 Å². The Morgan fingerprint density at radius 2 is 2.07 bits per heavy atom. The fraction of sp³-hybridized carbons (Fsp3) is 1.00. The standard InChI is InChI=1S/C10H19NO3/c1-2-4-9(3-1)14-11-7-10-5-6-12-8-13-10/h9-11H,1-8H2. The van der Waals surface area contributed by atoms with Crippen LogP contribution < -0.4 is 5.48 Å². The molecule has 14 heavy (non-hydrogen) atoms. The van der Waals surface area contributed by atoms with Gasteiger partial charge in [-0.15, -0.1) is 0 Å². The van der Waals surface area contributed by atoms with Gasteiger partial charge in [0.25, 0.3) is 0 Å². The summed E-state index contributed by atoms with van der Waals surface area (Å²) in [4.78, 5) is 5.53. The van der Waals surface area contributed by atoms with Gasteiger partial charge in [0, 0.05) is 6.54 Å². The lowest BCUT2D eigenvalue weighted by atomic mass is 10.2. The maximum absolute atomic E-state index is 5.53. The van der Waals surface area contributed by atoms with Gasteiger partial charge in [-0.3, -0.25) is 4.84 Å². The molecule has 1 heterocycles. The van der Waals surface area contributed by atoms with Crippen molar-refractivity contribution in [3.63, 3.8) is 0 Å². The molecule has 82 valence electrons. The number of rotatable bonds is 4. The third-order valence-corrected chi connectivity index (χ3v) is 2.83. The van der Waals surface area contributed by atoms with Crippen molar-refractivity contribution in [2.75, 3.05) is 19.9 Å². The molecular weight excluding hydrogens is 182 g/mol. The number of hydrogen-bond acceptors (Lipinski definition) is 4. The predicted octanol–water partition coefficient (Wildman–Crippen LogP) is 1.21. The van der Waals surface area contributed by atoms with Crippen LogP contribution in [0.3, 0.4) is 0 Å². The lowest BCUT2D eigenvalue weighted by Crippen LogP contribution is -2.35. The molecule has 2 aliphatic rings. The van der Waals surface area contributed by atoms with Crippen molar-refractivity contribution in [1.29, 1.82) is 0 Å². The molecule has 0 radical (unpaired) electrons. The van der Waals surface area contributed by atoms with Crippen molar-refractivity contribution in [3.8, 4) is 0 Å². The zero-order valence-corrected chi connectivity index (χ0v) is 8.54. The van der Waals surface area contributed by atoms with Crippen molar-refractivity contribution >= 4 is 0 Å². The SMILES string of the molecule is C1CCC(ONCC2CCOCO2)C1. The van der Waals surface area contributed by atoms with Gasteiger partial charge in [-0.05, 0) is 19.3 Å². The zero-order valence-electron chi connectivity index (χ0n) is 8.54. The van der Waals surface area contributed by atoms with E-state index >= 15 is 0 Å². The van der Waals surface area contributed by atoms with Crippen LogP contribution in [0.1, 0.15) is 32.1 Å². The largest absolute Gasteiger partial charge is 0.355 e. The molecule has 0 aromatic rings. The maximum atomic E-state index is 5.53. The Labute approximate surface area is 84.9 Å². The molecule has 1 aliphatic carbocycles. The van der Waals surface area contributed by atoms with E-state index < -0.39 is 0 Å². The molecule has 0 aromatic carbocycles. The predicted molar refractivity (Wildman–Crippen MR) is 51.7 cm³/mol. The summed E-state index contributed by atoms with van der Waals surface area (Å²) in [7, 11) is 0. The Morgan fingerprint density at radius 3 is 2.79 bits per heavy atom. The lowest BCUT2D eigenvalue weighted by molar-refractivity contribution is -0.149. The van der Waals surface area contributed by atoms with Gasteiger partial charge in [-0.2, -0.15) is 5.48 Å². The number of ether oxygens (including phenoxy) is 2. The minimum Gasteiger partial charge on any atom is -0.355 e. The van der Waals surface area contributed by atoms with E-state index in [1.54, 1.807) is 0 Å². The summed E-state index contributed by atoms with van der Waals surface area (Å²) >= 11 is 0. The highest BCUT2D eigenvalue weighted by molar-refractivity contribution is 4.66. The second kappa shape index (κ2) is 5.66. The van der Waals surface area contributed by atoms with Gasteiger partial charge < -0.3 is 9.47 Å². The molecule has 1 saturated heterocycles. The van der Waals surface area contributed by atoms with Crippen LogP contribution in [0.25, 0.3) is 0 Å². The number of nitrogens with one attached hydrogen (secondary N) is 1. The molecule has 4 heteroatoms. The quantitative estimate of drug-likeness (QED) is 0.694. The van der Waals surface area contributed by atoms with E-state index in [4.69, 9.17) is 14.3 Å². The van der Waals surface area contributed by atoms with Gasteiger partial charge in [0.2, 0.25) is 0 Å². The summed E-state index contributed by atoms with van der Waals surface area (Å²) in [5.41, 5.74) is 3.02. The Hall–Kier alpha value is -0.160. The summed E-state index contributed by atoms with van der Waals surface area (Å²) in [5.74, 6) is 0. The van der Waals surface area contributed by atoms with Crippen molar-refractivity contribution < 1.29 is 14.3 Å². The Bertz CT molecular complexity index is 153. The molecule has 0 spiro atoms. The van der Waals surface area contributed by atoms with Gasteiger partial charge in [0.15, 0.2) is 0 Å². The first-order valence-electron chi connectivity index (χ1n) is 5.53. The molecule has 0 aromatic heterocycles. The van der Waals surface area contributed by atoms with Crippen LogP contribution in [-0.4, -0.2) is 32.2 Å². The van der Waals surface area contributed by atoms with E-state index in [0.717, 1.165) is 19.6 Å². The molecule has 4 nitrogen and oxygen atoms in total. The highest BCUT2D eigenvalue weighted by atomic mass is 16.7. The Balaban J connectivity index is 1.52. The first-order chi connectivity index (χ1) is 6.95. The van der Waals surface area contributed by atoms with Crippen molar-refractivity contribution in [2.24, 2.45) is 0 Å². The molecule has 1 N–H and O–H groups in total. The molecule has 1 atom stereocenters. The average molecular weight is 201 g/mol. The normalized spacial score (nSPS) is 29.6. The fourth-order valence-electron chi connectivity index (χ4n) is 1.93. The average Bonchev–Trinajstić information content (AvgIpc) is 2.72. The van der Waals surface area contributed by atoms with E-state index in [0.29, 0.717) is 12.9 Å². The van der Waals surface area contributed by atoms with Gasteiger partial charge >= 0.3 is 0 Å². The monoisotopic (exact) mass is 201 g/mol. The minimum absolute atomic E-state index is 0.255. The molecule has 2 fully saturated rings. The summed E-state index contributed by atoms with van der Waals surface area (Å²) in [5, 5.41) is 0. The van der Waals surface area contributed by atoms with Crippen molar-refractivity contribution in [3.05, 3.63) is 0 Å². The smallest absolute Gasteiger partial charge is 0.147 e. The molecule has 1 unspecified atom stereocenters. The van der Waals surface area contributed by atoms with E-state index in [1.807, 2.05) is 0 Å². The van der Waals surface area contributed by atoms with E-state index in [9.17, 15) is 0 Å². The van der Waals surface area contributed by atoms with Crippen LogP contribution in [0, 0.1) is 0 Å². The summed E-state index contributed by atoms with van der Waals surface area (Å²) in [6, 6.07) is 0. The van der Waals surface area contributed by atoms with E-state index in [1.165, 1.54) is 25.7 Å². The molecule has 0 bridgehead atoms. The zero-order chi connectivity index (χ0) is 9.64. The highest BCUT2D eigenvalue weighted by Crippen LogP contribution is 2.19. The summed E-state index contributed by atoms with van der Waals surface area (Å²) < 4.78 is 10.5. The highest BCUT2D eigenvalue weighted by Gasteiger charge is 2.17. The first kappa shape index (κ1) is 10.4. The minimum atomic E-state index is 0.255. The van der Waals surface area contributed by atoms with E-state index in [2.05, 4.69) is 5.48 Å². The second-order valence-electron chi connectivity index (χ2n) is 3.98. The molecule has 1 saturated carbocycles. The van der Waals surface area contributed by atoms with Crippen LogP contribution in [-0.2, 0) is 14.3 Å².